The minimum Gasteiger partial charge on any atom is -0.428 e. The Hall–Kier alpha value is -1.93. The summed E-state index contributed by atoms with van der Waals surface area (Å²) in [5, 5.41) is 9.58. The number of hydrogen-bond acceptors (Lipinski definition) is 4. The molecule has 0 saturated carbocycles. The first-order valence-electron chi connectivity index (χ1n) is 7.29. The fourth-order valence-electron chi connectivity index (χ4n) is 1.97. The molecule has 0 unspecified atom stereocenters. The summed E-state index contributed by atoms with van der Waals surface area (Å²) in [7, 11) is 0. The van der Waals surface area contributed by atoms with Crippen molar-refractivity contribution in [2.75, 3.05) is 0 Å². The SMILES string of the molecule is C=Nc1c(OC(F)(F)C(C)(C)O)ccc(C(=S)N=CN)c1CCC. The molecule has 1 rings (SSSR count). The number of ether oxygens (including phenoxy) is 1. The molecule has 1 aromatic carbocycles. The van der Waals surface area contributed by atoms with Crippen LogP contribution in [0.3, 0.4) is 0 Å². The second-order valence-electron chi connectivity index (χ2n) is 5.61. The standard InChI is InChI=1S/C16H21F2N3O2S/c1-5-6-10-11(14(24)21-9-19)7-8-12(13(10)20-4)23-16(17,18)15(2,3)22/h7-9,22H,4-6H2,1-3H3,(H2,19,21,24). The average Bonchev–Trinajstić information content (AvgIpc) is 2.46. The highest BCUT2D eigenvalue weighted by molar-refractivity contribution is 7.80. The number of aliphatic hydroxyl groups is 1. The van der Waals surface area contributed by atoms with E-state index in [4.69, 9.17) is 22.7 Å². The van der Waals surface area contributed by atoms with Gasteiger partial charge in [-0.25, -0.2) is 4.99 Å². The lowest BCUT2D eigenvalue weighted by Crippen LogP contribution is -2.47. The van der Waals surface area contributed by atoms with Crippen LogP contribution in [0.1, 0.15) is 38.3 Å². The zero-order valence-electron chi connectivity index (χ0n) is 13.8. The third-order valence-electron chi connectivity index (χ3n) is 3.28. The van der Waals surface area contributed by atoms with Crippen molar-refractivity contribution in [3.63, 3.8) is 0 Å². The van der Waals surface area contributed by atoms with E-state index in [2.05, 4.69) is 16.7 Å². The highest BCUT2D eigenvalue weighted by Crippen LogP contribution is 2.40. The van der Waals surface area contributed by atoms with Crippen molar-refractivity contribution in [1.82, 2.24) is 0 Å². The van der Waals surface area contributed by atoms with Crippen LogP contribution >= 0.6 is 12.2 Å². The molecular formula is C16H21F2N3O2S. The summed E-state index contributed by atoms with van der Waals surface area (Å²) in [5.41, 5.74) is 4.18. The lowest BCUT2D eigenvalue weighted by atomic mass is 10.00. The van der Waals surface area contributed by atoms with E-state index in [1.807, 2.05) is 6.92 Å². The fourth-order valence-corrected chi connectivity index (χ4v) is 2.23. The Morgan fingerprint density at radius 1 is 1.46 bits per heavy atom. The van der Waals surface area contributed by atoms with Gasteiger partial charge in [-0.2, -0.15) is 8.78 Å². The zero-order valence-corrected chi connectivity index (χ0v) is 14.7. The molecule has 0 saturated heterocycles. The molecule has 0 aliphatic heterocycles. The molecule has 3 N–H and O–H groups in total. The van der Waals surface area contributed by atoms with Gasteiger partial charge in [-0.3, -0.25) is 4.99 Å². The Labute approximate surface area is 145 Å². The Morgan fingerprint density at radius 3 is 2.54 bits per heavy atom. The van der Waals surface area contributed by atoms with E-state index in [1.165, 1.54) is 12.1 Å². The number of nitrogens with zero attached hydrogens (tertiary/aromatic N) is 2. The molecule has 132 valence electrons. The lowest BCUT2D eigenvalue weighted by Gasteiger charge is -2.29. The van der Waals surface area contributed by atoms with E-state index in [-0.39, 0.29) is 16.4 Å². The monoisotopic (exact) mass is 357 g/mol. The van der Waals surface area contributed by atoms with Crippen molar-refractivity contribution in [3.05, 3.63) is 23.3 Å². The highest BCUT2D eigenvalue weighted by atomic mass is 32.1. The maximum Gasteiger partial charge on any atom is 0.426 e. The molecule has 1 aromatic rings. The normalized spacial score (nSPS) is 12.4. The maximum absolute atomic E-state index is 14.0. The topological polar surface area (TPSA) is 80.2 Å². The predicted molar refractivity (Wildman–Crippen MR) is 95.9 cm³/mol. The van der Waals surface area contributed by atoms with Crippen molar-refractivity contribution in [1.29, 1.82) is 0 Å². The minimum atomic E-state index is -3.81. The first-order valence-corrected chi connectivity index (χ1v) is 7.70. The Balaban J connectivity index is 3.47. The van der Waals surface area contributed by atoms with Crippen LogP contribution in [0, 0.1) is 0 Å². The molecule has 5 nitrogen and oxygen atoms in total. The van der Waals surface area contributed by atoms with Gasteiger partial charge in [-0.05, 0) is 44.7 Å². The quantitative estimate of drug-likeness (QED) is 0.445. The third-order valence-corrected chi connectivity index (χ3v) is 3.60. The largest absolute Gasteiger partial charge is 0.428 e. The molecule has 0 aromatic heterocycles. The van der Waals surface area contributed by atoms with Crippen LogP contribution < -0.4 is 10.5 Å². The summed E-state index contributed by atoms with van der Waals surface area (Å²) in [5.74, 6) is -0.191. The Kier molecular flexibility index (Phi) is 6.50. The second kappa shape index (κ2) is 7.76. The molecular weight excluding hydrogens is 336 g/mol. The lowest BCUT2D eigenvalue weighted by molar-refractivity contribution is -0.276. The van der Waals surface area contributed by atoms with Crippen molar-refractivity contribution < 1.29 is 18.6 Å². The van der Waals surface area contributed by atoms with Crippen LogP contribution in [0.2, 0.25) is 0 Å². The van der Waals surface area contributed by atoms with E-state index in [1.54, 1.807) is 0 Å². The first kappa shape index (κ1) is 20.1. The molecule has 8 heteroatoms. The van der Waals surface area contributed by atoms with E-state index in [9.17, 15) is 13.9 Å². The Bertz CT molecular complexity index is 655. The van der Waals surface area contributed by atoms with Crippen molar-refractivity contribution >= 4 is 35.9 Å². The van der Waals surface area contributed by atoms with Gasteiger partial charge in [0.1, 0.15) is 10.7 Å². The van der Waals surface area contributed by atoms with Crippen molar-refractivity contribution in [2.24, 2.45) is 15.7 Å². The molecule has 0 spiro atoms. The summed E-state index contributed by atoms with van der Waals surface area (Å²) < 4.78 is 32.8. The number of aliphatic imine (C=N–C) groups is 2. The van der Waals surface area contributed by atoms with E-state index < -0.39 is 11.7 Å². The van der Waals surface area contributed by atoms with Crippen LogP contribution in [0.4, 0.5) is 14.5 Å². The van der Waals surface area contributed by atoms with Gasteiger partial charge >= 0.3 is 6.11 Å². The summed E-state index contributed by atoms with van der Waals surface area (Å²) in [6.07, 6.45) is -1.52. The van der Waals surface area contributed by atoms with Gasteiger partial charge in [0.15, 0.2) is 11.4 Å². The van der Waals surface area contributed by atoms with E-state index in [0.717, 1.165) is 26.6 Å². The molecule has 24 heavy (non-hydrogen) atoms. The van der Waals surface area contributed by atoms with Crippen molar-refractivity contribution in [3.8, 4) is 5.75 Å². The number of hydrogen-bond donors (Lipinski definition) is 2. The van der Waals surface area contributed by atoms with Gasteiger partial charge in [-0.15, -0.1) is 0 Å². The van der Waals surface area contributed by atoms with Crippen LogP contribution in [0.5, 0.6) is 5.75 Å². The predicted octanol–water partition coefficient (Wildman–Crippen LogP) is 3.38. The summed E-state index contributed by atoms with van der Waals surface area (Å²) >= 11 is 5.17. The fraction of sp³-hybridized carbons (Fsp3) is 0.438. The number of halogens is 2. The van der Waals surface area contributed by atoms with Gasteiger partial charge in [0, 0.05) is 5.56 Å². The van der Waals surface area contributed by atoms with Crippen LogP contribution in [-0.2, 0) is 6.42 Å². The maximum atomic E-state index is 14.0. The number of nitrogens with two attached hydrogens (primary N) is 1. The van der Waals surface area contributed by atoms with Gasteiger partial charge in [-0.1, -0.05) is 25.6 Å². The molecule has 0 radical (unpaired) electrons. The summed E-state index contributed by atoms with van der Waals surface area (Å²) in [6, 6.07) is 2.82. The van der Waals surface area contributed by atoms with Gasteiger partial charge < -0.3 is 15.6 Å². The van der Waals surface area contributed by atoms with Gasteiger partial charge in [0.2, 0.25) is 0 Å². The third kappa shape index (κ3) is 4.33. The van der Waals surface area contributed by atoms with Gasteiger partial charge in [0.05, 0.1) is 6.34 Å². The number of benzene rings is 1. The summed E-state index contributed by atoms with van der Waals surface area (Å²) in [4.78, 5) is 7.89. The smallest absolute Gasteiger partial charge is 0.426 e. The van der Waals surface area contributed by atoms with Crippen molar-refractivity contribution in [2.45, 2.75) is 45.3 Å². The van der Waals surface area contributed by atoms with Gasteiger partial charge in [0.25, 0.3) is 0 Å². The highest BCUT2D eigenvalue weighted by Gasteiger charge is 2.49. The number of rotatable bonds is 7. The molecule has 0 heterocycles. The van der Waals surface area contributed by atoms with Crippen LogP contribution in [-0.4, -0.2) is 34.9 Å². The molecule has 0 aliphatic rings. The minimum absolute atomic E-state index is 0.146. The molecule has 0 amide bonds. The van der Waals surface area contributed by atoms with Crippen LogP contribution in [0.15, 0.2) is 22.1 Å². The second-order valence-corrected chi connectivity index (χ2v) is 5.99. The Morgan fingerprint density at radius 2 is 2.08 bits per heavy atom. The molecule has 0 fully saturated rings. The van der Waals surface area contributed by atoms with E-state index >= 15 is 0 Å². The molecule has 0 atom stereocenters. The number of thiocarbonyl (C=S) groups is 1. The van der Waals surface area contributed by atoms with E-state index in [0.29, 0.717) is 17.5 Å². The number of alkyl halides is 2. The molecule has 0 bridgehead atoms. The first-order chi connectivity index (χ1) is 11.1. The zero-order chi connectivity index (χ0) is 18.5. The summed E-state index contributed by atoms with van der Waals surface area (Å²) in [6.45, 7) is 7.27. The van der Waals surface area contributed by atoms with Crippen LogP contribution in [0.25, 0.3) is 0 Å². The molecule has 0 aliphatic carbocycles. The average molecular weight is 357 g/mol.